The predicted molar refractivity (Wildman–Crippen MR) is 93.5 cm³/mol. The first-order valence-corrected chi connectivity index (χ1v) is 7.97. The van der Waals surface area contributed by atoms with Gasteiger partial charge in [-0.1, -0.05) is 33.6 Å². The summed E-state index contributed by atoms with van der Waals surface area (Å²) in [5, 5.41) is 2.88. The van der Waals surface area contributed by atoms with Crippen molar-refractivity contribution in [1.29, 1.82) is 0 Å². The third-order valence-electron chi connectivity index (χ3n) is 3.43. The number of hydrogen-bond donors (Lipinski definition) is 1. The van der Waals surface area contributed by atoms with Crippen molar-refractivity contribution in [2.75, 3.05) is 5.32 Å². The Bertz CT molecular complexity index is 697. The van der Waals surface area contributed by atoms with Crippen molar-refractivity contribution in [2.45, 2.75) is 33.8 Å². The lowest BCUT2D eigenvalue weighted by Gasteiger charge is -2.17. The first-order chi connectivity index (χ1) is 10.4. The molecule has 0 spiro atoms. The second kappa shape index (κ2) is 6.97. The molecule has 0 fully saturated rings. The molecule has 0 aromatic heterocycles. The van der Waals surface area contributed by atoms with Crippen molar-refractivity contribution in [1.82, 2.24) is 0 Å². The first-order valence-electron chi connectivity index (χ1n) is 7.18. The summed E-state index contributed by atoms with van der Waals surface area (Å²) in [7, 11) is 0. The van der Waals surface area contributed by atoms with E-state index in [1.54, 1.807) is 6.92 Å². The van der Waals surface area contributed by atoms with Crippen LogP contribution in [0, 0.1) is 20.8 Å². The Morgan fingerprint density at radius 1 is 1.09 bits per heavy atom. The summed E-state index contributed by atoms with van der Waals surface area (Å²) in [6.45, 7) is 7.74. The number of carbonyl (C=O) groups is 1. The zero-order valence-electron chi connectivity index (χ0n) is 13.2. The van der Waals surface area contributed by atoms with E-state index in [0.29, 0.717) is 0 Å². The van der Waals surface area contributed by atoms with Crippen LogP contribution in [0.5, 0.6) is 5.75 Å². The maximum atomic E-state index is 12.2. The van der Waals surface area contributed by atoms with E-state index in [-0.39, 0.29) is 5.91 Å². The van der Waals surface area contributed by atoms with Crippen LogP contribution in [0.15, 0.2) is 40.9 Å². The number of anilines is 1. The highest BCUT2D eigenvalue weighted by molar-refractivity contribution is 9.10. The molecule has 2 aromatic carbocycles. The monoisotopic (exact) mass is 361 g/mol. The standard InChI is InChI=1S/C18H20BrNO2/c1-11-5-8-17(13(3)9-11)22-14(4)18(21)20-15-6-7-16(19)12(2)10-15/h5-10,14H,1-4H3,(H,20,21)/t14-/m0/s1. The van der Waals surface area contributed by atoms with Crippen molar-refractivity contribution in [3.05, 3.63) is 57.6 Å². The molecule has 0 radical (unpaired) electrons. The quantitative estimate of drug-likeness (QED) is 0.850. The van der Waals surface area contributed by atoms with Crippen LogP contribution >= 0.6 is 15.9 Å². The minimum atomic E-state index is -0.564. The van der Waals surface area contributed by atoms with Crippen LogP contribution in [-0.2, 0) is 4.79 Å². The topological polar surface area (TPSA) is 38.3 Å². The molecule has 1 N–H and O–H groups in total. The van der Waals surface area contributed by atoms with Gasteiger partial charge in [0.2, 0.25) is 0 Å². The van der Waals surface area contributed by atoms with Gasteiger partial charge in [-0.3, -0.25) is 4.79 Å². The van der Waals surface area contributed by atoms with Gasteiger partial charge >= 0.3 is 0 Å². The highest BCUT2D eigenvalue weighted by atomic mass is 79.9. The molecule has 2 aromatic rings. The van der Waals surface area contributed by atoms with E-state index in [4.69, 9.17) is 4.74 Å². The number of amides is 1. The zero-order valence-corrected chi connectivity index (χ0v) is 14.8. The SMILES string of the molecule is Cc1ccc(O[C@@H](C)C(=O)Nc2ccc(Br)c(C)c2)c(C)c1. The van der Waals surface area contributed by atoms with E-state index in [9.17, 15) is 4.79 Å². The Morgan fingerprint density at radius 3 is 2.45 bits per heavy atom. The molecular weight excluding hydrogens is 342 g/mol. The summed E-state index contributed by atoms with van der Waals surface area (Å²) in [5.41, 5.74) is 4.04. The molecule has 0 heterocycles. The van der Waals surface area contributed by atoms with Gasteiger partial charge in [0, 0.05) is 10.2 Å². The van der Waals surface area contributed by atoms with E-state index in [1.165, 1.54) is 5.56 Å². The molecule has 0 saturated heterocycles. The Labute approximate surface area is 139 Å². The van der Waals surface area contributed by atoms with Crippen molar-refractivity contribution >= 4 is 27.5 Å². The fraction of sp³-hybridized carbons (Fsp3) is 0.278. The van der Waals surface area contributed by atoms with Gasteiger partial charge in [-0.15, -0.1) is 0 Å². The number of aryl methyl sites for hydroxylation is 3. The van der Waals surface area contributed by atoms with Gasteiger partial charge in [-0.25, -0.2) is 0 Å². The van der Waals surface area contributed by atoms with E-state index >= 15 is 0 Å². The van der Waals surface area contributed by atoms with E-state index in [2.05, 4.69) is 21.2 Å². The van der Waals surface area contributed by atoms with Gasteiger partial charge in [0.25, 0.3) is 5.91 Å². The van der Waals surface area contributed by atoms with Crippen molar-refractivity contribution < 1.29 is 9.53 Å². The van der Waals surface area contributed by atoms with Gasteiger partial charge in [-0.2, -0.15) is 0 Å². The van der Waals surface area contributed by atoms with Crippen LogP contribution < -0.4 is 10.1 Å². The second-order valence-electron chi connectivity index (χ2n) is 5.48. The van der Waals surface area contributed by atoms with Crippen molar-refractivity contribution in [3.8, 4) is 5.75 Å². The van der Waals surface area contributed by atoms with Crippen LogP contribution in [0.3, 0.4) is 0 Å². The molecule has 0 saturated carbocycles. The molecule has 0 unspecified atom stereocenters. The van der Waals surface area contributed by atoms with E-state index in [0.717, 1.165) is 27.0 Å². The summed E-state index contributed by atoms with van der Waals surface area (Å²) in [6.07, 6.45) is -0.564. The smallest absolute Gasteiger partial charge is 0.265 e. The van der Waals surface area contributed by atoms with Crippen molar-refractivity contribution in [2.24, 2.45) is 0 Å². The lowest BCUT2D eigenvalue weighted by Crippen LogP contribution is -2.30. The highest BCUT2D eigenvalue weighted by Crippen LogP contribution is 2.22. The maximum absolute atomic E-state index is 12.2. The summed E-state index contributed by atoms with van der Waals surface area (Å²) in [5.74, 6) is 0.571. The fourth-order valence-electron chi connectivity index (χ4n) is 2.14. The van der Waals surface area contributed by atoms with Crippen LogP contribution in [0.4, 0.5) is 5.69 Å². The minimum Gasteiger partial charge on any atom is -0.481 e. The molecule has 116 valence electrons. The molecule has 0 aliphatic carbocycles. The number of nitrogens with one attached hydrogen (secondary N) is 1. The average Bonchev–Trinajstić information content (AvgIpc) is 2.45. The zero-order chi connectivity index (χ0) is 16.3. The lowest BCUT2D eigenvalue weighted by atomic mass is 10.1. The largest absolute Gasteiger partial charge is 0.481 e. The van der Waals surface area contributed by atoms with Crippen LogP contribution in [-0.4, -0.2) is 12.0 Å². The number of hydrogen-bond acceptors (Lipinski definition) is 2. The lowest BCUT2D eigenvalue weighted by molar-refractivity contribution is -0.122. The summed E-state index contributed by atoms with van der Waals surface area (Å²) in [4.78, 5) is 12.2. The van der Waals surface area contributed by atoms with Gasteiger partial charge < -0.3 is 10.1 Å². The first kappa shape index (κ1) is 16.6. The van der Waals surface area contributed by atoms with Crippen LogP contribution in [0.25, 0.3) is 0 Å². The molecule has 2 rings (SSSR count). The number of benzene rings is 2. The third kappa shape index (κ3) is 4.10. The van der Waals surface area contributed by atoms with Crippen molar-refractivity contribution in [3.63, 3.8) is 0 Å². The highest BCUT2D eigenvalue weighted by Gasteiger charge is 2.16. The maximum Gasteiger partial charge on any atom is 0.265 e. The Hall–Kier alpha value is -1.81. The average molecular weight is 362 g/mol. The molecule has 1 atom stereocenters. The summed E-state index contributed by atoms with van der Waals surface area (Å²) < 4.78 is 6.79. The fourth-order valence-corrected chi connectivity index (χ4v) is 2.39. The third-order valence-corrected chi connectivity index (χ3v) is 4.32. The molecular formula is C18H20BrNO2. The Morgan fingerprint density at radius 2 is 1.82 bits per heavy atom. The van der Waals surface area contributed by atoms with E-state index < -0.39 is 6.10 Å². The molecule has 3 nitrogen and oxygen atoms in total. The van der Waals surface area contributed by atoms with Gasteiger partial charge in [0.15, 0.2) is 6.10 Å². The Balaban J connectivity index is 2.04. The summed E-state index contributed by atoms with van der Waals surface area (Å²) in [6, 6.07) is 11.6. The van der Waals surface area contributed by atoms with Crippen LogP contribution in [0.1, 0.15) is 23.6 Å². The molecule has 4 heteroatoms. The second-order valence-corrected chi connectivity index (χ2v) is 6.34. The Kier molecular flexibility index (Phi) is 5.24. The van der Waals surface area contributed by atoms with Gasteiger partial charge in [0.1, 0.15) is 5.75 Å². The molecule has 22 heavy (non-hydrogen) atoms. The molecule has 1 amide bonds. The minimum absolute atomic E-state index is 0.165. The molecule has 0 bridgehead atoms. The van der Waals surface area contributed by atoms with Crippen LogP contribution in [0.2, 0.25) is 0 Å². The molecule has 0 aliphatic heterocycles. The number of carbonyl (C=O) groups excluding carboxylic acids is 1. The van der Waals surface area contributed by atoms with Gasteiger partial charge in [-0.05, 0) is 63.1 Å². The van der Waals surface area contributed by atoms with Gasteiger partial charge in [0.05, 0.1) is 0 Å². The van der Waals surface area contributed by atoms with E-state index in [1.807, 2.05) is 57.2 Å². The normalized spacial score (nSPS) is 11.9. The number of halogens is 1. The summed E-state index contributed by atoms with van der Waals surface area (Å²) >= 11 is 3.45. The number of rotatable bonds is 4. The predicted octanol–water partition coefficient (Wildman–Crippen LogP) is 4.78. The number of ether oxygens (including phenoxy) is 1. The molecule has 0 aliphatic rings.